The lowest BCUT2D eigenvalue weighted by molar-refractivity contribution is -0.138. The molecule has 0 fully saturated rings. The fourth-order valence-electron chi connectivity index (χ4n) is 3.91. The van der Waals surface area contributed by atoms with Crippen LogP contribution in [-0.4, -0.2) is 39.5 Å². The van der Waals surface area contributed by atoms with Gasteiger partial charge in [-0.1, -0.05) is 23.7 Å². The maximum atomic E-state index is 13.1. The van der Waals surface area contributed by atoms with E-state index in [-0.39, 0.29) is 23.9 Å². The van der Waals surface area contributed by atoms with Crippen LogP contribution in [0.2, 0.25) is 5.02 Å². The van der Waals surface area contributed by atoms with Crippen molar-refractivity contribution >= 4 is 33.2 Å². The van der Waals surface area contributed by atoms with Gasteiger partial charge in [-0.15, -0.1) is 0 Å². The number of carbonyl (C=O) groups excluding carboxylic acids is 1. The number of methoxy groups -OCH3 is 2. The van der Waals surface area contributed by atoms with Gasteiger partial charge in [-0.2, -0.15) is 0 Å². The van der Waals surface area contributed by atoms with Gasteiger partial charge in [-0.25, -0.2) is 8.42 Å². The number of halogens is 1. The van der Waals surface area contributed by atoms with Crippen molar-refractivity contribution < 1.29 is 27.4 Å². The van der Waals surface area contributed by atoms with Gasteiger partial charge < -0.3 is 19.1 Å². The normalized spacial score (nSPS) is 15.6. The van der Waals surface area contributed by atoms with Crippen molar-refractivity contribution in [2.45, 2.75) is 31.0 Å². The Morgan fingerprint density at radius 1 is 1.09 bits per heavy atom. The first kappa shape index (κ1) is 24.7. The topological polar surface area (TPSA) is 94.2 Å². The second kappa shape index (κ2) is 10.1. The molecule has 1 aliphatic heterocycles. The standard InChI is InChI=1S/C25H25ClN2O6S/c1-16-25(29)28(14-17-5-4-6-23(32-2)24(17)33-3)15-18-13-20(9-12-22(18)34-16)27-35(30,31)21-10-7-19(26)8-11-21/h4-13,16,27H,14-15H2,1-3H3. The average Bonchev–Trinajstić information content (AvgIpc) is 2.95. The van der Waals surface area contributed by atoms with E-state index in [2.05, 4.69) is 4.72 Å². The lowest BCUT2D eigenvalue weighted by Gasteiger charge is -2.24. The van der Waals surface area contributed by atoms with Gasteiger partial charge >= 0.3 is 0 Å². The van der Waals surface area contributed by atoms with Gasteiger partial charge in [-0.05, 0) is 55.5 Å². The molecule has 0 aromatic heterocycles. The molecule has 0 saturated carbocycles. The van der Waals surface area contributed by atoms with E-state index in [0.717, 1.165) is 5.56 Å². The number of sulfonamides is 1. The highest BCUT2D eigenvalue weighted by atomic mass is 35.5. The zero-order valence-corrected chi connectivity index (χ0v) is 21.0. The minimum atomic E-state index is -3.83. The van der Waals surface area contributed by atoms with E-state index in [0.29, 0.717) is 33.5 Å². The number of rotatable bonds is 7. The van der Waals surface area contributed by atoms with Crippen LogP contribution in [0.1, 0.15) is 18.1 Å². The van der Waals surface area contributed by atoms with Gasteiger partial charge in [0.05, 0.1) is 19.1 Å². The SMILES string of the molecule is COc1cccc(CN2Cc3cc(NS(=O)(=O)c4ccc(Cl)cc4)ccc3OC(C)C2=O)c1OC. The van der Waals surface area contributed by atoms with E-state index < -0.39 is 16.1 Å². The number of nitrogens with one attached hydrogen (secondary N) is 1. The number of carbonyl (C=O) groups is 1. The fraction of sp³-hybridized carbons (Fsp3) is 0.240. The molecule has 10 heteroatoms. The molecule has 1 atom stereocenters. The first-order chi connectivity index (χ1) is 16.7. The molecule has 4 rings (SSSR count). The number of ether oxygens (including phenoxy) is 3. The van der Waals surface area contributed by atoms with Gasteiger partial charge in [-0.3, -0.25) is 9.52 Å². The molecule has 1 unspecified atom stereocenters. The Balaban J connectivity index is 1.63. The molecule has 35 heavy (non-hydrogen) atoms. The summed E-state index contributed by atoms with van der Waals surface area (Å²) < 4.78 is 45.0. The Hall–Kier alpha value is -3.43. The minimum absolute atomic E-state index is 0.0867. The largest absolute Gasteiger partial charge is 0.493 e. The van der Waals surface area contributed by atoms with Crippen molar-refractivity contribution in [1.29, 1.82) is 0 Å². The van der Waals surface area contributed by atoms with Gasteiger partial charge in [0, 0.05) is 34.9 Å². The highest BCUT2D eigenvalue weighted by Gasteiger charge is 2.29. The molecule has 3 aromatic carbocycles. The van der Waals surface area contributed by atoms with Gasteiger partial charge in [0.1, 0.15) is 5.75 Å². The maximum Gasteiger partial charge on any atom is 0.263 e. The molecule has 1 aliphatic rings. The molecule has 0 radical (unpaired) electrons. The number of amides is 1. The summed E-state index contributed by atoms with van der Waals surface area (Å²) in [6.07, 6.45) is -0.718. The molecule has 1 heterocycles. The summed E-state index contributed by atoms with van der Waals surface area (Å²) in [4.78, 5) is 14.8. The van der Waals surface area contributed by atoms with Crippen LogP contribution in [0.4, 0.5) is 5.69 Å². The Bertz CT molecular complexity index is 1340. The maximum absolute atomic E-state index is 13.1. The molecule has 1 N–H and O–H groups in total. The molecule has 8 nitrogen and oxygen atoms in total. The van der Waals surface area contributed by atoms with Crippen LogP contribution in [0.5, 0.6) is 17.2 Å². The highest BCUT2D eigenvalue weighted by molar-refractivity contribution is 7.92. The summed E-state index contributed by atoms with van der Waals surface area (Å²) in [5.74, 6) is 1.43. The predicted octanol–water partition coefficient (Wildman–Crippen LogP) is 4.47. The Morgan fingerprint density at radius 3 is 2.51 bits per heavy atom. The molecular weight excluding hydrogens is 492 g/mol. The first-order valence-electron chi connectivity index (χ1n) is 10.8. The summed E-state index contributed by atoms with van der Waals surface area (Å²) in [6.45, 7) is 2.16. The second-order valence-corrected chi connectivity index (χ2v) is 10.1. The van der Waals surface area contributed by atoms with Crippen molar-refractivity contribution in [3.8, 4) is 17.2 Å². The lowest BCUT2D eigenvalue weighted by atomic mass is 10.1. The Kier molecular flexibility index (Phi) is 7.09. The van der Waals surface area contributed by atoms with Crippen LogP contribution in [-0.2, 0) is 27.9 Å². The zero-order valence-electron chi connectivity index (χ0n) is 19.4. The molecule has 0 aliphatic carbocycles. The predicted molar refractivity (Wildman–Crippen MR) is 133 cm³/mol. The van der Waals surface area contributed by atoms with E-state index in [1.807, 2.05) is 12.1 Å². The Labute approximate surface area is 209 Å². The van der Waals surface area contributed by atoms with E-state index in [1.165, 1.54) is 24.3 Å². The van der Waals surface area contributed by atoms with Crippen molar-refractivity contribution in [2.24, 2.45) is 0 Å². The molecule has 0 bridgehead atoms. The smallest absolute Gasteiger partial charge is 0.263 e. The second-order valence-electron chi connectivity index (χ2n) is 7.99. The third kappa shape index (κ3) is 5.31. The third-order valence-corrected chi connectivity index (χ3v) is 7.26. The number of fused-ring (bicyclic) bond motifs is 1. The summed E-state index contributed by atoms with van der Waals surface area (Å²) in [7, 11) is -0.726. The van der Waals surface area contributed by atoms with Gasteiger partial charge in [0.25, 0.3) is 15.9 Å². The van der Waals surface area contributed by atoms with Crippen molar-refractivity contribution in [2.75, 3.05) is 18.9 Å². The number of benzene rings is 3. The van der Waals surface area contributed by atoms with E-state index in [1.54, 1.807) is 50.3 Å². The van der Waals surface area contributed by atoms with Crippen LogP contribution in [0.25, 0.3) is 0 Å². The molecule has 0 spiro atoms. The number of hydrogen-bond donors (Lipinski definition) is 1. The first-order valence-corrected chi connectivity index (χ1v) is 12.6. The van der Waals surface area contributed by atoms with E-state index in [4.69, 9.17) is 25.8 Å². The Morgan fingerprint density at radius 2 is 1.83 bits per heavy atom. The number of para-hydroxylation sites is 1. The van der Waals surface area contributed by atoms with E-state index >= 15 is 0 Å². The van der Waals surface area contributed by atoms with Gasteiger partial charge in [0.15, 0.2) is 17.6 Å². The van der Waals surface area contributed by atoms with Crippen LogP contribution in [0, 0.1) is 0 Å². The molecule has 0 saturated heterocycles. The monoisotopic (exact) mass is 516 g/mol. The molecule has 3 aromatic rings. The number of anilines is 1. The van der Waals surface area contributed by atoms with Crippen molar-refractivity contribution in [3.63, 3.8) is 0 Å². The summed E-state index contributed by atoms with van der Waals surface area (Å²) in [5, 5.41) is 0.442. The summed E-state index contributed by atoms with van der Waals surface area (Å²) in [5.41, 5.74) is 1.79. The van der Waals surface area contributed by atoms with E-state index in [9.17, 15) is 13.2 Å². The summed E-state index contributed by atoms with van der Waals surface area (Å²) >= 11 is 5.87. The molecular formula is C25H25ClN2O6S. The van der Waals surface area contributed by atoms with Crippen molar-refractivity contribution in [3.05, 3.63) is 76.8 Å². The lowest BCUT2D eigenvalue weighted by Crippen LogP contribution is -2.37. The van der Waals surface area contributed by atoms with Gasteiger partial charge in [0.2, 0.25) is 0 Å². The van der Waals surface area contributed by atoms with Crippen LogP contribution in [0.15, 0.2) is 65.6 Å². The molecule has 184 valence electrons. The average molecular weight is 517 g/mol. The van der Waals surface area contributed by atoms with Crippen LogP contribution < -0.4 is 18.9 Å². The number of nitrogens with zero attached hydrogens (tertiary/aromatic N) is 1. The van der Waals surface area contributed by atoms with Crippen molar-refractivity contribution in [1.82, 2.24) is 4.90 Å². The fourth-order valence-corrected chi connectivity index (χ4v) is 5.08. The summed E-state index contributed by atoms with van der Waals surface area (Å²) in [6, 6.07) is 16.3. The van der Waals surface area contributed by atoms with Crippen LogP contribution >= 0.6 is 11.6 Å². The quantitative estimate of drug-likeness (QED) is 0.498. The van der Waals surface area contributed by atoms with Crippen LogP contribution in [0.3, 0.4) is 0 Å². The highest BCUT2D eigenvalue weighted by Crippen LogP contribution is 2.34. The third-order valence-electron chi connectivity index (χ3n) is 5.61. The minimum Gasteiger partial charge on any atom is -0.493 e. The zero-order chi connectivity index (χ0) is 25.2. The molecule has 1 amide bonds. The number of hydrogen-bond acceptors (Lipinski definition) is 6.